The molecule has 2 aromatic heterocycles. The summed E-state index contributed by atoms with van der Waals surface area (Å²) in [6.07, 6.45) is 3.30. The van der Waals surface area contributed by atoms with Gasteiger partial charge in [-0.1, -0.05) is 19.1 Å². The van der Waals surface area contributed by atoms with E-state index in [0.29, 0.717) is 0 Å². The van der Waals surface area contributed by atoms with E-state index in [2.05, 4.69) is 22.9 Å². The number of benzene rings is 1. The molecule has 0 N–H and O–H groups in total. The van der Waals surface area contributed by atoms with Crippen molar-refractivity contribution in [1.82, 2.24) is 9.97 Å². The molecule has 3 aromatic rings. The number of hydrogen-bond acceptors (Lipinski definition) is 4. The Balaban J connectivity index is 2.05. The van der Waals surface area contributed by atoms with Crippen LogP contribution in [-0.2, 0) is 6.42 Å². The third kappa shape index (κ3) is 1.68. The zero-order valence-corrected chi connectivity index (χ0v) is 11.6. The van der Waals surface area contributed by atoms with Gasteiger partial charge in [-0.05, 0) is 25.0 Å². The number of rotatable bonds is 2. The Morgan fingerprint density at radius 1 is 1.15 bits per heavy atom. The molecule has 1 aliphatic rings. The topological polar surface area (TPSA) is 42.2 Å². The maximum Gasteiger partial charge on any atom is 0.196 e. The molecule has 0 aliphatic carbocycles. The molecule has 3 heterocycles. The fourth-order valence-corrected chi connectivity index (χ4v) is 2.92. The minimum atomic E-state index is 0.838. The van der Waals surface area contributed by atoms with E-state index in [-0.39, 0.29) is 0 Å². The van der Waals surface area contributed by atoms with Crippen LogP contribution in [0, 0.1) is 0 Å². The molecule has 102 valence electrons. The van der Waals surface area contributed by atoms with Crippen LogP contribution in [0.15, 0.2) is 28.7 Å². The highest BCUT2D eigenvalue weighted by Crippen LogP contribution is 2.34. The van der Waals surface area contributed by atoms with Crippen molar-refractivity contribution in [3.63, 3.8) is 0 Å². The lowest BCUT2D eigenvalue weighted by Crippen LogP contribution is -2.20. The smallest absolute Gasteiger partial charge is 0.196 e. The van der Waals surface area contributed by atoms with Crippen molar-refractivity contribution in [2.24, 2.45) is 0 Å². The van der Waals surface area contributed by atoms with E-state index in [1.807, 2.05) is 18.2 Å². The van der Waals surface area contributed by atoms with Crippen LogP contribution in [-0.4, -0.2) is 23.1 Å². The van der Waals surface area contributed by atoms with Crippen LogP contribution in [0.2, 0.25) is 0 Å². The minimum Gasteiger partial charge on any atom is -0.450 e. The normalized spacial score (nSPS) is 15.6. The van der Waals surface area contributed by atoms with Crippen LogP contribution < -0.4 is 4.90 Å². The van der Waals surface area contributed by atoms with Crippen LogP contribution in [0.3, 0.4) is 0 Å². The third-order valence-electron chi connectivity index (χ3n) is 3.97. The molecule has 4 rings (SSSR count). The number of fused-ring (bicyclic) bond motifs is 3. The van der Waals surface area contributed by atoms with Crippen molar-refractivity contribution in [2.75, 3.05) is 18.0 Å². The SMILES string of the molecule is CCc1nc(N2CCCC2)c2oc3ccccc3c2n1. The predicted molar refractivity (Wildman–Crippen MR) is 80.1 cm³/mol. The van der Waals surface area contributed by atoms with Crippen LogP contribution in [0.1, 0.15) is 25.6 Å². The van der Waals surface area contributed by atoms with Crippen LogP contribution >= 0.6 is 0 Å². The van der Waals surface area contributed by atoms with Gasteiger partial charge < -0.3 is 9.32 Å². The van der Waals surface area contributed by atoms with Crippen molar-refractivity contribution in [1.29, 1.82) is 0 Å². The van der Waals surface area contributed by atoms with Gasteiger partial charge in [-0.15, -0.1) is 0 Å². The predicted octanol–water partition coefficient (Wildman–Crippen LogP) is 3.54. The summed E-state index contributed by atoms with van der Waals surface area (Å²) in [6.45, 7) is 4.22. The summed E-state index contributed by atoms with van der Waals surface area (Å²) in [4.78, 5) is 11.7. The van der Waals surface area contributed by atoms with Gasteiger partial charge in [0.05, 0.1) is 0 Å². The lowest BCUT2D eigenvalue weighted by Gasteiger charge is -2.16. The van der Waals surface area contributed by atoms with Gasteiger partial charge in [0.1, 0.15) is 16.9 Å². The molecule has 20 heavy (non-hydrogen) atoms. The summed E-state index contributed by atoms with van der Waals surface area (Å²) in [6, 6.07) is 8.09. The molecule has 0 amide bonds. The average molecular weight is 267 g/mol. The number of anilines is 1. The highest BCUT2D eigenvalue weighted by molar-refractivity contribution is 6.05. The standard InChI is InChI=1S/C16H17N3O/c1-2-13-17-14-11-7-3-4-8-12(11)20-15(14)16(18-13)19-9-5-6-10-19/h3-4,7-8H,2,5-6,9-10H2,1H3. The van der Waals surface area contributed by atoms with E-state index in [9.17, 15) is 0 Å². The Morgan fingerprint density at radius 2 is 1.95 bits per heavy atom. The summed E-state index contributed by atoms with van der Waals surface area (Å²) < 4.78 is 6.03. The molecule has 1 aliphatic heterocycles. The summed E-state index contributed by atoms with van der Waals surface area (Å²) >= 11 is 0. The number of aryl methyl sites for hydroxylation is 1. The number of nitrogens with zero attached hydrogens (tertiary/aromatic N) is 3. The van der Waals surface area contributed by atoms with Crippen molar-refractivity contribution < 1.29 is 4.42 Å². The maximum atomic E-state index is 6.03. The zero-order chi connectivity index (χ0) is 13.5. The average Bonchev–Trinajstić information content (AvgIpc) is 3.13. The molecule has 0 bridgehead atoms. The number of para-hydroxylation sites is 1. The Kier molecular flexibility index (Phi) is 2.62. The summed E-state index contributed by atoms with van der Waals surface area (Å²) in [5.74, 6) is 1.87. The molecule has 4 nitrogen and oxygen atoms in total. The van der Waals surface area contributed by atoms with E-state index in [4.69, 9.17) is 9.40 Å². The van der Waals surface area contributed by atoms with Gasteiger partial charge in [0.15, 0.2) is 11.4 Å². The Labute approximate surface area is 117 Å². The first-order valence-electron chi connectivity index (χ1n) is 7.30. The summed E-state index contributed by atoms with van der Waals surface area (Å²) in [5, 5.41) is 1.08. The minimum absolute atomic E-state index is 0.838. The molecule has 1 saturated heterocycles. The van der Waals surface area contributed by atoms with Crippen LogP contribution in [0.25, 0.3) is 22.1 Å². The monoisotopic (exact) mass is 267 g/mol. The fraction of sp³-hybridized carbons (Fsp3) is 0.375. The highest BCUT2D eigenvalue weighted by atomic mass is 16.3. The largest absolute Gasteiger partial charge is 0.450 e. The first kappa shape index (κ1) is 11.7. The molecule has 0 radical (unpaired) electrons. The third-order valence-corrected chi connectivity index (χ3v) is 3.97. The van der Waals surface area contributed by atoms with Gasteiger partial charge in [-0.3, -0.25) is 0 Å². The van der Waals surface area contributed by atoms with E-state index in [1.54, 1.807) is 0 Å². The molecule has 0 saturated carbocycles. The number of hydrogen-bond donors (Lipinski definition) is 0. The van der Waals surface area contributed by atoms with E-state index in [1.165, 1.54) is 12.8 Å². The van der Waals surface area contributed by atoms with Gasteiger partial charge in [0, 0.05) is 24.9 Å². The first-order chi connectivity index (χ1) is 9.86. The van der Waals surface area contributed by atoms with Crippen LogP contribution in [0.4, 0.5) is 5.82 Å². The molecule has 0 unspecified atom stereocenters. The van der Waals surface area contributed by atoms with Crippen molar-refractivity contribution in [2.45, 2.75) is 26.2 Å². The van der Waals surface area contributed by atoms with Crippen LogP contribution in [0.5, 0.6) is 0 Å². The molecular weight excluding hydrogens is 250 g/mol. The second-order valence-electron chi connectivity index (χ2n) is 5.29. The number of furan rings is 1. The van der Waals surface area contributed by atoms with E-state index in [0.717, 1.165) is 53.2 Å². The molecular formula is C16H17N3O. The molecule has 1 fully saturated rings. The first-order valence-corrected chi connectivity index (χ1v) is 7.30. The van der Waals surface area contributed by atoms with Gasteiger partial charge in [0.25, 0.3) is 0 Å². The van der Waals surface area contributed by atoms with E-state index < -0.39 is 0 Å². The second-order valence-corrected chi connectivity index (χ2v) is 5.29. The van der Waals surface area contributed by atoms with Gasteiger partial charge >= 0.3 is 0 Å². The van der Waals surface area contributed by atoms with Crippen molar-refractivity contribution in [3.05, 3.63) is 30.1 Å². The lowest BCUT2D eigenvalue weighted by atomic mass is 10.2. The Morgan fingerprint density at radius 3 is 2.75 bits per heavy atom. The van der Waals surface area contributed by atoms with Gasteiger partial charge in [0.2, 0.25) is 0 Å². The maximum absolute atomic E-state index is 6.03. The summed E-state index contributed by atoms with van der Waals surface area (Å²) in [7, 11) is 0. The lowest BCUT2D eigenvalue weighted by molar-refractivity contribution is 0.661. The number of aromatic nitrogens is 2. The molecule has 1 aromatic carbocycles. The van der Waals surface area contributed by atoms with Gasteiger partial charge in [-0.25, -0.2) is 9.97 Å². The van der Waals surface area contributed by atoms with Crippen molar-refractivity contribution in [3.8, 4) is 0 Å². The quantitative estimate of drug-likeness (QED) is 0.712. The molecule has 0 atom stereocenters. The fourth-order valence-electron chi connectivity index (χ4n) is 2.92. The van der Waals surface area contributed by atoms with E-state index >= 15 is 0 Å². The second kappa shape index (κ2) is 4.47. The van der Waals surface area contributed by atoms with Crippen molar-refractivity contribution >= 4 is 27.9 Å². The zero-order valence-electron chi connectivity index (χ0n) is 11.6. The molecule has 0 spiro atoms. The highest BCUT2D eigenvalue weighted by Gasteiger charge is 2.21. The summed E-state index contributed by atoms with van der Waals surface area (Å²) in [5.41, 5.74) is 2.69. The van der Waals surface area contributed by atoms with Gasteiger partial charge in [-0.2, -0.15) is 0 Å². The Bertz CT molecular complexity index is 772. The Hall–Kier alpha value is -2.10. The molecule has 4 heteroatoms.